The van der Waals surface area contributed by atoms with Crippen molar-refractivity contribution in [3.05, 3.63) is 105 Å². The summed E-state index contributed by atoms with van der Waals surface area (Å²) in [6, 6.07) is 22.9. The molecule has 0 unspecified atom stereocenters. The fraction of sp³-hybridized carbons (Fsp3) is 0.154. The Kier molecular flexibility index (Phi) is 6.28. The van der Waals surface area contributed by atoms with Gasteiger partial charge >= 0.3 is 0 Å². The van der Waals surface area contributed by atoms with Gasteiger partial charge in [0.1, 0.15) is 6.54 Å². The Hall–Kier alpha value is -3.57. The molecule has 162 valence electrons. The molecule has 4 aromatic rings. The first-order valence-electron chi connectivity index (χ1n) is 10.4. The number of amides is 1. The van der Waals surface area contributed by atoms with Gasteiger partial charge in [0.2, 0.25) is 5.91 Å². The number of rotatable bonds is 6. The molecule has 0 atom stereocenters. The van der Waals surface area contributed by atoms with Crippen LogP contribution in [0, 0.1) is 13.8 Å². The number of aryl methyl sites for hydroxylation is 1. The Morgan fingerprint density at radius 2 is 1.75 bits per heavy atom. The van der Waals surface area contributed by atoms with E-state index in [9.17, 15) is 9.59 Å². The molecular weight excluding hydrogens is 422 g/mol. The molecule has 2 N–H and O–H groups in total. The van der Waals surface area contributed by atoms with Crippen LogP contribution in [0.5, 0.6) is 0 Å². The topological polar surface area (TPSA) is 63.1 Å². The van der Waals surface area contributed by atoms with Crippen LogP contribution < -0.4 is 16.2 Å². The van der Waals surface area contributed by atoms with Gasteiger partial charge in [-0.3, -0.25) is 14.2 Å². The molecule has 3 aromatic carbocycles. The molecular formula is C26H24ClN3O2. The van der Waals surface area contributed by atoms with Crippen molar-refractivity contribution in [1.29, 1.82) is 0 Å². The third-order valence-electron chi connectivity index (χ3n) is 5.43. The molecule has 0 aliphatic rings. The number of hydrogen-bond acceptors (Lipinski definition) is 3. The van der Waals surface area contributed by atoms with Gasteiger partial charge in [0, 0.05) is 28.5 Å². The number of nitrogens with zero attached hydrogens (tertiary/aromatic N) is 1. The van der Waals surface area contributed by atoms with Gasteiger partial charge in [-0.05, 0) is 66.8 Å². The SMILES string of the molecule is Cc1ccc2cc(CNc3ccccc3)c(=O)n(CC(=O)Nc3cccc(Cl)c3C)c2c1. The Bertz CT molecular complexity index is 1350. The molecule has 0 saturated heterocycles. The summed E-state index contributed by atoms with van der Waals surface area (Å²) in [5.74, 6) is -0.284. The molecule has 0 saturated carbocycles. The highest BCUT2D eigenvalue weighted by Gasteiger charge is 2.14. The number of hydrogen-bond donors (Lipinski definition) is 2. The minimum atomic E-state index is -0.284. The zero-order chi connectivity index (χ0) is 22.7. The third-order valence-corrected chi connectivity index (χ3v) is 5.84. The fourth-order valence-electron chi connectivity index (χ4n) is 3.65. The van der Waals surface area contributed by atoms with Crippen molar-refractivity contribution in [2.45, 2.75) is 26.9 Å². The predicted octanol–water partition coefficient (Wildman–Crippen LogP) is 5.52. The van der Waals surface area contributed by atoms with Crippen molar-refractivity contribution < 1.29 is 4.79 Å². The van der Waals surface area contributed by atoms with Crippen LogP contribution >= 0.6 is 11.6 Å². The second-order valence-electron chi connectivity index (χ2n) is 7.80. The highest BCUT2D eigenvalue weighted by molar-refractivity contribution is 6.31. The summed E-state index contributed by atoms with van der Waals surface area (Å²) in [7, 11) is 0. The summed E-state index contributed by atoms with van der Waals surface area (Å²) in [5, 5.41) is 7.66. The van der Waals surface area contributed by atoms with Crippen LogP contribution in [0.25, 0.3) is 10.9 Å². The van der Waals surface area contributed by atoms with Gasteiger partial charge in [-0.25, -0.2) is 0 Å². The molecule has 0 spiro atoms. The molecule has 0 radical (unpaired) electrons. The minimum Gasteiger partial charge on any atom is -0.381 e. The van der Waals surface area contributed by atoms with E-state index in [4.69, 9.17) is 11.6 Å². The van der Waals surface area contributed by atoms with Crippen molar-refractivity contribution in [3.63, 3.8) is 0 Å². The number of carbonyl (C=O) groups excluding carboxylic acids is 1. The van der Waals surface area contributed by atoms with E-state index in [1.165, 1.54) is 0 Å². The maximum Gasteiger partial charge on any atom is 0.256 e. The molecule has 32 heavy (non-hydrogen) atoms. The summed E-state index contributed by atoms with van der Waals surface area (Å²) < 4.78 is 1.54. The summed E-state index contributed by atoms with van der Waals surface area (Å²) in [5.41, 5.74) is 4.51. The second-order valence-corrected chi connectivity index (χ2v) is 8.21. The second kappa shape index (κ2) is 9.28. The van der Waals surface area contributed by atoms with Crippen LogP contribution in [0.4, 0.5) is 11.4 Å². The van der Waals surface area contributed by atoms with Gasteiger partial charge in [-0.15, -0.1) is 0 Å². The van der Waals surface area contributed by atoms with Crippen LogP contribution in [-0.2, 0) is 17.9 Å². The number of nitrogens with one attached hydrogen (secondary N) is 2. The predicted molar refractivity (Wildman–Crippen MR) is 132 cm³/mol. The molecule has 1 amide bonds. The number of halogens is 1. The third kappa shape index (κ3) is 4.68. The van der Waals surface area contributed by atoms with Crippen LogP contribution in [-0.4, -0.2) is 10.5 Å². The number of benzene rings is 3. The maximum absolute atomic E-state index is 13.3. The largest absolute Gasteiger partial charge is 0.381 e. The normalized spacial score (nSPS) is 10.8. The highest BCUT2D eigenvalue weighted by atomic mass is 35.5. The summed E-state index contributed by atoms with van der Waals surface area (Å²) in [6.45, 7) is 4.08. The van der Waals surface area contributed by atoms with E-state index >= 15 is 0 Å². The first-order valence-corrected chi connectivity index (χ1v) is 10.8. The van der Waals surface area contributed by atoms with Crippen LogP contribution in [0.1, 0.15) is 16.7 Å². The zero-order valence-corrected chi connectivity index (χ0v) is 18.7. The average Bonchev–Trinajstić information content (AvgIpc) is 2.79. The standard InChI is InChI=1S/C26H24ClN3O2/c1-17-11-12-19-14-20(15-28-21-7-4-3-5-8-21)26(32)30(24(19)13-17)16-25(31)29-23-10-6-9-22(27)18(23)2/h3-14,28H,15-16H2,1-2H3,(H,29,31). The molecule has 5 nitrogen and oxygen atoms in total. The number of carbonyl (C=O) groups is 1. The van der Waals surface area contributed by atoms with Crippen LogP contribution in [0.3, 0.4) is 0 Å². The lowest BCUT2D eigenvalue weighted by molar-refractivity contribution is -0.116. The van der Waals surface area contributed by atoms with E-state index in [1.54, 1.807) is 22.8 Å². The molecule has 0 aliphatic carbocycles. The first kappa shape index (κ1) is 21.7. The first-order chi connectivity index (χ1) is 15.4. The minimum absolute atomic E-state index is 0.0933. The highest BCUT2D eigenvalue weighted by Crippen LogP contribution is 2.23. The summed E-state index contributed by atoms with van der Waals surface area (Å²) in [4.78, 5) is 26.2. The number of para-hydroxylation sites is 1. The average molecular weight is 446 g/mol. The zero-order valence-electron chi connectivity index (χ0n) is 18.0. The van der Waals surface area contributed by atoms with E-state index in [-0.39, 0.29) is 18.0 Å². The lowest BCUT2D eigenvalue weighted by Crippen LogP contribution is -2.31. The van der Waals surface area contributed by atoms with E-state index in [2.05, 4.69) is 10.6 Å². The molecule has 0 bridgehead atoms. The van der Waals surface area contributed by atoms with Crippen molar-refractivity contribution in [1.82, 2.24) is 4.57 Å². The van der Waals surface area contributed by atoms with Crippen molar-refractivity contribution >= 4 is 39.8 Å². The Morgan fingerprint density at radius 1 is 0.969 bits per heavy atom. The van der Waals surface area contributed by atoms with Crippen molar-refractivity contribution in [2.75, 3.05) is 10.6 Å². The summed E-state index contributed by atoms with van der Waals surface area (Å²) >= 11 is 6.17. The van der Waals surface area contributed by atoms with E-state index < -0.39 is 0 Å². The van der Waals surface area contributed by atoms with E-state index in [0.717, 1.165) is 27.7 Å². The van der Waals surface area contributed by atoms with Crippen molar-refractivity contribution in [2.24, 2.45) is 0 Å². The van der Waals surface area contributed by atoms with Gasteiger partial charge in [0.05, 0.1) is 5.52 Å². The van der Waals surface area contributed by atoms with Gasteiger partial charge in [0.25, 0.3) is 5.56 Å². The lowest BCUT2D eigenvalue weighted by atomic mass is 10.1. The van der Waals surface area contributed by atoms with Gasteiger partial charge < -0.3 is 10.6 Å². The Morgan fingerprint density at radius 3 is 2.53 bits per heavy atom. The van der Waals surface area contributed by atoms with E-state index in [0.29, 0.717) is 22.8 Å². The maximum atomic E-state index is 13.3. The molecule has 4 rings (SSSR count). The number of fused-ring (bicyclic) bond motifs is 1. The number of pyridine rings is 1. The van der Waals surface area contributed by atoms with Crippen LogP contribution in [0.2, 0.25) is 5.02 Å². The fourth-order valence-corrected chi connectivity index (χ4v) is 3.83. The van der Waals surface area contributed by atoms with Gasteiger partial charge in [-0.2, -0.15) is 0 Å². The van der Waals surface area contributed by atoms with E-state index in [1.807, 2.05) is 68.4 Å². The number of anilines is 2. The Labute approximate surface area is 191 Å². The van der Waals surface area contributed by atoms with Gasteiger partial charge in [-0.1, -0.05) is 48.0 Å². The van der Waals surface area contributed by atoms with Crippen LogP contribution in [0.15, 0.2) is 77.6 Å². The molecule has 6 heteroatoms. The smallest absolute Gasteiger partial charge is 0.256 e. The summed E-state index contributed by atoms with van der Waals surface area (Å²) in [6.07, 6.45) is 0. The Balaban J connectivity index is 1.67. The number of aromatic nitrogens is 1. The quantitative estimate of drug-likeness (QED) is 0.410. The monoisotopic (exact) mass is 445 g/mol. The molecule has 0 fully saturated rings. The molecule has 1 aromatic heterocycles. The lowest BCUT2D eigenvalue weighted by Gasteiger charge is -2.15. The van der Waals surface area contributed by atoms with Crippen molar-refractivity contribution in [3.8, 4) is 0 Å². The van der Waals surface area contributed by atoms with Gasteiger partial charge in [0.15, 0.2) is 0 Å². The molecule has 0 aliphatic heterocycles. The molecule has 1 heterocycles.